The summed E-state index contributed by atoms with van der Waals surface area (Å²) in [4.78, 5) is 37.0. The standard InChI is InChI=1S/C24H31ClO9/c1-11-7-8-16(32-13(3)26)22(5)10-9-15(28)23(6,30)18(22)20(33-14(4)27)24(31)12(2)21(29)34-19(24)17(11)25/h7-10,12,15-20,28,30-31H,1H2,2-6H3/b8-7-/t12-,15+,16+,17-,18+,19-,20+,22+,23+,24-/m0/s1. The third kappa shape index (κ3) is 3.98. The van der Waals surface area contributed by atoms with Crippen LogP contribution in [0.15, 0.2) is 36.5 Å². The molecule has 0 bridgehead atoms. The zero-order valence-corrected chi connectivity index (χ0v) is 20.5. The first kappa shape index (κ1) is 26.4. The van der Waals surface area contributed by atoms with Gasteiger partial charge in [0.25, 0.3) is 0 Å². The fourth-order valence-corrected chi connectivity index (χ4v) is 5.76. The van der Waals surface area contributed by atoms with Crippen LogP contribution < -0.4 is 0 Å². The van der Waals surface area contributed by atoms with Gasteiger partial charge >= 0.3 is 17.9 Å². The number of alkyl halides is 1. The van der Waals surface area contributed by atoms with E-state index in [1.807, 2.05) is 0 Å². The van der Waals surface area contributed by atoms with E-state index in [1.165, 1.54) is 45.1 Å². The molecule has 10 heteroatoms. The fourth-order valence-electron chi connectivity index (χ4n) is 5.43. The van der Waals surface area contributed by atoms with E-state index >= 15 is 0 Å². The van der Waals surface area contributed by atoms with E-state index in [0.717, 1.165) is 6.92 Å². The maximum Gasteiger partial charge on any atom is 0.312 e. The van der Waals surface area contributed by atoms with Gasteiger partial charge in [-0.1, -0.05) is 31.7 Å². The Balaban J connectivity index is 2.40. The van der Waals surface area contributed by atoms with Crippen LogP contribution in [0, 0.1) is 17.3 Å². The van der Waals surface area contributed by atoms with Crippen LogP contribution in [-0.2, 0) is 28.6 Å². The molecule has 3 aliphatic rings. The van der Waals surface area contributed by atoms with Gasteiger partial charge in [-0.25, -0.2) is 0 Å². The minimum Gasteiger partial charge on any atom is -0.459 e. The quantitative estimate of drug-likeness (QED) is 0.221. The van der Waals surface area contributed by atoms with Crippen LogP contribution in [0.1, 0.15) is 34.6 Å². The summed E-state index contributed by atoms with van der Waals surface area (Å²) in [5.74, 6) is -4.75. The maximum absolute atomic E-state index is 12.7. The van der Waals surface area contributed by atoms with Crippen molar-refractivity contribution in [2.24, 2.45) is 17.3 Å². The van der Waals surface area contributed by atoms with Crippen molar-refractivity contribution >= 4 is 29.5 Å². The number of esters is 3. The smallest absolute Gasteiger partial charge is 0.312 e. The third-order valence-electron chi connectivity index (χ3n) is 7.34. The lowest BCUT2D eigenvalue weighted by Crippen LogP contribution is -2.70. The second-order valence-electron chi connectivity index (χ2n) is 9.74. The van der Waals surface area contributed by atoms with Gasteiger partial charge in [0.1, 0.15) is 18.3 Å². The molecule has 1 aliphatic heterocycles. The summed E-state index contributed by atoms with van der Waals surface area (Å²) in [7, 11) is 0. The van der Waals surface area contributed by atoms with E-state index < -0.39 is 76.2 Å². The number of fused-ring (bicyclic) bond motifs is 2. The molecular formula is C24H31ClO9. The van der Waals surface area contributed by atoms with Crippen LogP contribution in [0.5, 0.6) is 0 Å². The number of rotatable bonds is 2. The van der Waals surface area contributed by atoms with Crippen LogP contribution in [0.4, 0.5) is 0 Å². The van der Waals surface area contributed by atoms with Crippen LogP contribution in [0.25, 0.3) is 0 Å². The van der Waals surface area contributed by atoms with Crippen molar-refractivity contribution in [1.29, 1.82) is 0 Å². The first-order valence-electron chi connectivity index (χ1n) is 11.0. The number of hydrogen-bond acceptors (Lipinski definition) is 9. The third-order valence-corrected chi connectivity index (χ3v) is 7.85. The average molecular weight is 499 g/mol. The molecule has 0 amide bonds. The Hall–Kier alpha value is -2.20. The highest BCUT2D eigenvalue weighted by atomic mass is 35.5. The molecule has 3 N–H and O–H groups in total. The summed E-state index contributed by atoms with van der Waals surface area (Å²) in [6.07, 6.45) is 0.379. The van der Waals surface area contributed by atoms with Crippen molar-refractivity contribution in [2.45, 2.75) is 75.6 Å². The number of aliphatic hydroxyl groups excluding tert-OH is 1. The normalized spacial score (nSPS) is 47.1. The van der Waals surface area contributed by atoms with E-state index in [-0.39, 0.29) is 5.57 Å². The Labute approximate surface area is 203 Å². The predicted molar refractivity (Wildman–Crippen MR) is 120 cm³/mol. The van der Waals surface area contributed by atoms with Gasteiger partial charge in [-0.05, 0) is 25.5 Å². The Bertz CT molecular complexity index is 956. The first-order chi connectivity index (χ1) is 15.6. The van der Waals surface area contributed by atoms with E-state index in [0.29, 0.717) is 0 Å². The Morgan fingerprint density at radius 1 is 1.15 bits per heavy atom. The molecule has 0 aromatic heterocycles. The van der Waals surface area contributed by atoms with Crippen LogP contribution >= 0.6 is 11.6 Å². The molecule has 0 radical (unpaired) electrons. The molecule has 2 aliphatic carbocycles. The van der Waals surface area contributed by atoms with Crippen molar-refractivity contribution in [1.82, 2.24) is 0 Å². The number of allylic oxidation sites excluding steroid dienone is 1. The number of carbonyl (C=O) groups excluding carboxylic acids is 3. The molecule has 0 aromatic rings. The summed E-state index contributed by atoms with van der Waals surface area (Å²) in [5, 5.41) is 33.3. The van der Waals surface area contributed by atoms with Gasteiger partial charge in [0.15, 0.2) is 11.7 Å². The van der Waals surface area contributed by atoms with E-state index in [2.05, 4.69) is 6.58 Å². The highest BCUT2D eigenvalue weighted by Gasteiger charge is 2.70. The molecule has 0 saturated carbocycles. The van der Waals surface area contributed by atoms with E-state index in [4.69, 9.17) is 25.8 Å². The monoisotopic (exact) mass is 498 g/mol. The van der Waals surface area contributed by atoms with Gasteiger partial charge in [0, 0.05) is 25.2 Å². The van der Waals surface area contributed by atoms with Crippen molar-refractivity contribution in [3.8, 4) is 0 Å². The fraction of sp³-hybridized carbons (Fsp3) is 0.625. The zero-order chi connectivity index (χ0) is 25.8. The molecule has 3 rings (SSSR count). The predicted octanol–water partition coefficient (Wildman–Crippen LogP) is 1.18. The van der Waals surface area contributed by atoms with Gasteiger partial charge in [-0.15, -0.1) is 11.6 Å². The average Bonchev–Trinajstić information content (AvgIpc) is 2.96. The molecule has 0 spiro atoms. The van der Waals surface area contributed by atoms with Crippen LogP contribution in [0.2, 0.25) is 0 Å². The largest absolute Gasteiger partial charge is 0.459 e. The molecule has 34 heavy (non-hydrogen) atoms. The summed E-state index contributed by atoms with van der Waals surface area (Å²) in [6, 6.07) is 0. The second kappa shape index (κ2) is 8.78. The maximum atomic E-state index is 12.7. The minimum absolute atomic E-state index is 0.249. The molecule has 10 atom stereocenters. The molecule has 1 fully saturated rings. The highest BCUT2D eigenvalue weighted by molar-refractivity contribution is 6.23. The number of hydrogen-bond donors (Lipinski definition) is 3. The summed E-state index contributed by atoms with van der Waals surface area (Å²) >= 11 is 6.59. The number of halogens is 1. The van der Waals surface area contributed by atoms with Gasteiger partial charge in [0.2, 0.25) is 0 Å². The molecule has 1 saturated heterocycles. The number of aliphatic hydroxyl groups is 3. The zero-order valence-electron chi connectivity index (χ0n) is 19.7. The molecule has 9 nitrogen and oxygen atoms in total. The van der Waals surface area contributed by atoms with E-state index in [1.54, 1.807) is 6.92 Å². The Morgan fingerprint density at radius 2 is 1.74 bits per heavy atom. The lowest BCUT2D eigenvalue weighted by Gasteiger charge is -2.56. The molecule has 0 aromatic carbocycles. The Kier molecular flexibility index (Phi) is 6.82. The Morgan fingerprint density at radius 3 is 2.29 bits per heavy atom. The van der Waals surface area contributed by atoms with Gasteiger partial charge < -0.3 is 29.5 Å². The van der Waals surface area contributed by atoms with Crippen LogP contribution in [-0.4, -0.2) is 74.2 Å². The van der Waals surface area contributed by atoms with Gasteiger partial charge in [-0.2, -0.15) is 0 Å². The summed E-state index contributed by atoms with van der Waals surface area (Å²) in [5.41, 5.74) is -5.33. The minimum atomic E-state index is -2.23. The topological polar surface area (TPSA) is 140 Å². The number of carbonyl (C=O) groups is 3. The lowest BCUT2D eigenvalue weighted by molar-refractivity contribution is -0.239. The van der Waals surface area contributed by atoms with Crippen molar-refractivity contribution in [3.05, 3.63) is 36.5 Å². The van der Waals surface area contributed by atoms with Crippen LogP contribution in [0.3, 0.4) is 0 Å². The summed E-state index contributed by atoms with van der Waals surface area (Å²) < 4.78 is 16.7. The second-order valence-corrected chi connectivity index (χ2v) is 10.2. The van der Waals surface area contributed by atoms with Gasteiger partial charge in [0.05, 0.1) is 16.9 Å². The summed E-state index contributed by atoms with van der Waals surface area (Å²) in [6.45, 7) is 10.6. The molecule has 1 heterocycles. The van der Waals surface area contributed by atoms with Crippen molar-refractivity contribution < 1.29 is 43.9 Å². The molecule has 0 unspecified atom stereocenters. The SMILES string of the molecule is C=C1/C=C\[C@@H](OC(C)=O)[C@@]2(C)C=C[C@@H](O)[C@@](C)(O)[C@@H]2[C@@H](OC(C)=O)[C@]2(O)[C@@H](C)C(=O)O[C@H]2[C@H]1Cl. The lowest BCUT2D eigenvalue weighted by atomic mass is 9.55. The van der Waals surface area contributed by atoms with Crippen molar-refractivity contribution in [2.75, 3.05) is 0 Å². The first-order valence-corrected chi connectivity index (χ1v) is 11.4. The highest BCUT2D eigenvalue weighted by Crippen LogP contribution is 2.55. The van der Waals surface area contributed by atoms with Crippen molar-refractivity contribution in [3.63, 3.8) is 0 Å². The van der Waals surface area contributed by atoms with Gasteiger partial charge in [-0.3, -0.25) is 14.4 Å². The number of ether oxygens (including phenoxy) is 3. The van der Waals surface area contributed by atoms with E-state index in [9.17, 15) is 29.7 Å². The molecule has 188 valence electrons. The molecular weight excluding hydrogens is 468 g/mol.